The number of carbonyl (C=O) groups is 2. The molecule has 0 radical (unpaired) electrons. The quantitative estimate of drug-likeness (QED) is 0.781. The van der Waals surface area contributed by atoms with Crippen LogP contribution in [0.2, 0.25) is 5.02 Å². The molecule has 2 heterocycles. The molecule has 2 N–H and O–H groups in total. The highest BCUT2D eigenvalue weighted by molar-refractivity contribution is 6.30. The molecule has 1 aromatic heterocycles. The van der Waals surface area contributed by atoms with Gasteiger partial charge in [0, 0.05) is 24.2 Å². The Labute approximate surface area is 159 Å². The van der Waals surface area contributed by atoms with E-state index in [1.807, 2.05) is 0 Å². The molecule has 0 aliphatic carbocycles. The predicted molar refractivity (Wildman–Crippen MR) is 93.3 cm³/mol. The molecule has 2 unspecified atom stereocenters. The maximum atomic E-state index is 13.6. The van der Waals surface area contributed by atoms with Crippen LogP contribution in [-0.4, -0.2) is 41.3 Å². The molecule has 3 rings (SSSR count). The first kappa shape index (κ1) is 19.1. The fraction of sp³-hybridized carbons (Fsp3) is 0.278. The van der Waals surface area contributed by atoms with Crippen molar-refractivity contribution < 1.29 is 28.6 Å². The second-order valence-electron chi connectivity index (χ2n) is 5.90. The Balaban J connectivity index is 1.75. The average Bonchev–Trinajstić information content (AvgIpc) is 3.15. The summed E-state index contributed by atoms with van der Waals surface area (Å²) in [7, 11) is 0. The summed E-state index contributed by atoms with van der Waals surface area (Å²) in [5, 5.41) is 11.6. The van der Waals surface area contributed by atoms with E-state index in [4.69, 9.17) is 21.1 Å². The van der Waals surface area contributed by atoms with Gasteiger partial charge in [0.2, 0.25) is 5.88 Å². The molecule has 9 heteroatoms. The van der Waals surface area contributed by atoms with Crippen molar-refractivity contribution in [3.8, 4) is 5.88 Å². The van der Waals surface area contributed by atoms with Gasteiger partial charge in [-0.2, -0.15) is 0 Å². The highest BCUT2D eigenvalue weighted by atomic mass is 35.5. The number of hydrogen-bond acceptors (Lipinski definition) is 5. The lowest BCUT2D eigenvalue weighted by atomic mass is 10.1. The Bertz CT molecular complexity index is 857. The molecule has 2 atom stereocenters. The third-order valence-electron chi connectivity index (χ3n) is 3.97. The van der Waals surface area contributed by atoms with Crippen LogP contribution >= 0.6 is 11.6 Å². The van der Waals surface area contributed by atoms with Gasteiger partial charge >= 0.3 is 5.97 Å². The van der Waals surface area contributed by atoms with Crippen molar-refractivity contribution >= 4 is 23.5 Å². The molecule has 2 aromatic rings. The van der Waals surface area contributed by atoms with Crippen LogP contribution in [-0.2, 0) is 9.53 Å². The van der Waals surface area contributed by atoms with Gasteiger partial charge in [0.15, 0.2) is 6.04 Å². The van der Waals surface area contributed by atoms with Crippen molar-refractivity contribution in [3.63, 3.8) is 0 Å². The third-order valence-corrected chi connectivity index (χ3v) is 4.28. The van der Waals surface area contributed by atoms with Crippen LogP contribution in [0.4, 0.5) is 4.39 Å². The minimum absolute atomic E-state index is 0.0615. The molecular formula is C18H16ClFN2O5. The topological polar surface area (TPSA) is 97.8 Å². The minimum Gasteiger partial charge on any atom is -0.479 e. The van der Waals surface area contributed by atoms with Gasteiger partial charge in [-0.15, -0.1) is 0 Å². The second-order valence-corrected chi connectivity index (χ2v) is 6.31. The van der Waals surface area contributed by atoms with E-state index in [0.29, 0.717) is 13.2 Å². The van der Waals surface area contributed by atoms with Crippen molar-refractivity contribution in [3.05, 3.63) is 58.5 Å². The van der Waals surface area contributed by atoms with Crippen LogP contribution in [0.3, 0.4) is 0 Å². The summed E-state index contributed by atoms with van der Waals surface area (Å²) in [5.74, 6) is -2.53. The van der Waals surface area contributed by atoms with Crippen LogP contribution in [0.15, 0.2) is 36.5 Å². The average molecular weight is 395 g/mol. The van der Waals surface area contributed by atoms with Gasteiger partial charge in [0.05, 0.1) is 18.2 Å². The van der Waals surface area contributed by atoms with Gasteiger partial charge in [-0.3, -0.25) is 4.79 Å². The molecule has 0 saturated carbocycles. The Morgan fingerprint density at radius 1 is 1.37 bits per heavy atom. The second kappa shape index (κ2) is 8.32. The predicted octanol–water partition coefficient (Wildman–Crippen LogP) is 2.60. The van der Waals surface area contributed by atoms with Gasteiger partial charge in [-0.25, -0.2) is 14.2 Å². The lowest BCUT2D eigenvalue weighted by molar-refractivity contribution is -0.139. The number of pyridine rings is 1. The third kappa shape index (κ3) is 4.72. The largest absolute Gasteiger partial charge is 0.479 e. The first-order valence-corrected chi connectivity index (χ1v) is 8.51. The van der Waals surface area contributed by atoms with Gasteiger partial charge in [-0.1, -0.05) is 17.7 Å². The molecule has 0 spiro atoms. The van der Waals surface area contributed by atoms with Gasteiger partial charge in [0.25, 0.3) is 5.91 Å². The lowest BCUT2D eigenvalue weighted by Gasteiger charge is -2.16. The van der Waals surface area contributed by atoms with Crippen LogP contribution in [0.5, 0.6) is 5.88 Å². The molecule has 142 valence electrons. The first-order chi connectivity index (χ1) is 12.9. The van der Waals surface area contributed by atoms with E-state index in [2.05, 4.69) is 10.3 Å². The summed E-state index contributed by atoms with van der Waals surface area (Å²) >= 11 is 5.61. The fourth-order valence-electron chi connectivity index (χ4n) is 2.59. The molecular weight excluding hydrogens is 379 g/mol. The first-order valence-electron chi connectivity index (χ1n) is 8.13. The number of benzene rings is 1. The van der Waals surface area contributed by atoms with E-state index in [9.17, 15) is 19.1 Å². The Kier molecular flexibility index (Phi) is 5.88. The smallest absolute Gasteiger partial charge is 0.330 e. The fourth-order valence-corrected chi connectivity index (χ4v) is 2.70. The maximum absolute atomic E-state index is 13.6. The highest BCUT2D eigenvalue weighted by Crippen LogP contribution is 2.22. The molecule has 7 nitrogen and oxygen atoms in total. The van der Waals surface area contributed by atoms with Crippen LogP contribution in [0, 0.1) is 5.82 Å². The molecule has 1 aromatic carbocycles. The van der Waals surface area contributed by atoms with Crippen molar-refractivity contribution in [2.24, 2.45) is 0 Å². The summed E-state index contributed by atoms with van der Waals surface area (Å²) in [6, 6.07) is 4.94. The lowest BCUT2D eigenvalue weighted by Crippen LogP contribution is -2.33. The van der Waals surface area contributed by atoms with Crippen molar-refractivity contribution in [1.29, 1.82) is 0 Å². The SMILES string of the molecule is O=C(NC(C(=O)O)c1ccc(Cl)c(F)c1)c1ccnc(OC2CCOC2)c1. The van der Waals surface area contributed by atoms with Gasteiger partial charge in [0.1, 0.15) is 11.9 Å². The van der Waals surface area contributed by atoms with E-state index in [1.165, 1.54) is 30.5 Å². The maximum Gasteiger partial charge on any atom is 0.330 e. The number of ether oxygens (including phenoxy) is 2. The normalized spacial score (nSPS) is 17.3. The van der Waals surface area contributed by atoms with Crippen molar-refractivity contribution in [2.45, 2.75) is 18.6 Å². The van der Waals surface area contributed by atoms with E-state index >= 15 is 0 Å². The zero-order chi connectivity index (χ0) is 19.4. The Morgan fingerprint density at radius 2 is 2.19 bits per heavy atom. The zero-order valence-corrected chi connectivity index (χ0v) is 14.8. The minimum atomic E-state index is -1.44. The number of nitrogens with one attached hydrogen (secondary N) is 1. The number of nitrogens with zero attached hydrogens (tertiary/aromatic N) is 1. The van der Waals surface area contributed by atoms with Crippen LogP contribution in [0.1, 0.15) is 28.4 Å². The number of rotatable bonds is 6. The van der Waals surface area contributed by atoms with Crippen molar-refractivity contribution in [2.75, 3.05) is 13.2 Å². The molecule has 27 heavy (non-hydrogen) atoms. The number of hydrogen-bond donors (Lipinski definition) is 2. The van der Waals surface area contributed by atoms with E-state index < -0.39 is 23.7 Å². The van der Waals surface area contributed by atoms with Crippen molar-refractivity contribution in [1.82, 2.24) is 10.3 Å². The van der Waals surface area contributed by atoms with Gasteiger partial charge < -0.3 is 19.9 Å². The summed E-state index contributed by atoms with van der Waals surface area (Å²) in [6.45, 7) is 1.05. The number of carboxylic acid groups (broad SMARTS) is 1. The standard InChI is InChI=1S/C18H16ClFN2O5/c19-13-2-1-10(7-14(13)20)16(18(24)25)22-17(23)11-3-5-21-15(8-11)27-12-4-6-26-9-12/h1-3,5,7-8,12,16H,4,6,9H2,(H,22,23)(H,24,25). The van der Waals surface area contributed by atoms with Gasteiger partial charge in [-0.05, 0) is 23.8 Å². The van der Waals surface area contributed by atoms with Crippen LogP contribution < -0.4 is 10.1 Å². The number of amides is 1. The zero-order valence-electron chi connectivity index (χ0n) is 14.0. The molecule has 0 bridgehead atoms. The number of aromatic nitrogens is 1. The monoisotopic (exact) mass is 394 g/mol. The summed E-state index contributed by atoms with van der Waals surface area (Å²) in [6.07, 6.45) is 1.97. The van der Waals surface area contributed by atoms with E-state index in [-0.39, 0.29) is 28.1 Å². The van der Waals surface area contributed by atoms with Crippen LogP contribution in [0.25, 0.3) is 0 Å². The molecule has 1 saturated heterocycles. The number of carbonyl (C=O) groups excluding carboxylic acids is 1. The molecule has 1 aliphatic heterocycles. The molecule has 1 aliphatic rings. The number of halogens is 2. The van der Waals surface area contributed by atoms with E-state index in [0.717, 1.165) is 12.5 Å². The molecule has 1 fully saturated rings. The van der Waals surface area contributed by atoms with E-state index in [1.54, 1.807) is 0 Å². The number of aliphatic carboxylic acids is 1. The Hall–Kier alpha value is -2.71. The summed E-state index contributed by atoms with van der Waals surface area (Å²) in [4.78, 5) is 28.1. The highest BCUT2D eigenvalue weighted by Gasteiger charge is 2.24. The number of carboxylic acids is 1. The Morgan fingerprint density at radius 3 is 2.85 bits per heavy atom. The summed E-state index contributed by atoms with van der Waals surface area (Å²) in [5.41, 5.74) is 0.228. The summed E-state index contributed by atoms with van der Waals surface area (Å²) < 4.78 is 24.5. The molecule has 1 amide bonds.